The summed E-state index contributed by atoms with van der Waals surface area (Å²) in [5.74, 6) is 1.49. The zero-order chi connectivity index (χ0) is 18.4. The molecule has 132 valence electrons. The molecule has 0 radical (unpaired) electrons. The van der Waals surface area contributed by atoms with E-state index in [4.69, 9.17) is 21.6 Å². The second-order valence-electron chi connectivity index (χ2n) is 5.56. The van der Waals surface area contributed by atoms with Crippen LogP contribution < -0.4 is 0 Å². The Morgan fingerprint density at radius 3 is 2.73 bits per heavy atom. The number of nitriles is 1. The van der Waals surface area contributed by atoms with Crippen LogP contribution in [-0.4, -0.2) is 28.5 Å². The van der Waals surface area contributed by atoms with Crippen molar-refractivity contribution in [3.05, 3.63) is 64.7 Å². The highest BCUT2D eigenvalue weighted by Crippen LogP contribution is 2.27. The maximum atomic E-state index is 9.03. The van der Waals surface area contributed by atoms with Crippen LogP contribution in [0.15, 0.2) is 53.7 Å². The summed E-state index contributed by atoms with van der Waals surface area (Å²) < 4.78 is 7.28. The Bertz CT molecular complexity index is 918. The Morgan fingerprint density at radius 2 is 2.00 bits per heavy atom. The average molecular weight is 385 g/mol. The minimum Gasteiger partial charge on any atom is -0.383 e. The fourth-order valence-electron chi connectivity index (χ4n) is 2.47. The van der Waals surface area contributed by atoms with Gasteiger partial charge in [-0.25, -0.2) is 0 Å². The minimum atomic E-state index is 0.566. The van der Waals surface area contributed by atoms with Crippen LogP contribution in [0.1, 0.15) is 11.1 Å². The number of hydrogen-bond acceptors (Lipinski definition) is 5. The number of nitrogens with zero attached hydrogens (tertiary/aromatic N) is 4. The van der Waals surface area contributed by atoms with Gasteiger partial charge in [-0.05, 0) is 42.0 Å². The smallest absolute Gasteiger partial charge is 0.191 e. The molecule has 5 nitrogen and oxygen atoms in total. The van der Waals surface area contributed by atoms with Crippen LogP contribution in [0.3, 0.4) is 0 Å². The number of thioether (sulfide) groups is 1. The Morgan fingerprint density at radius 1 is 1.19 bits per heavy atom. The van der Waals surface area contributed by atoms with E-state index in [-0.39, 0.29) is 0 Å². The quantitative estimate of drug-likeness (QED) is 0.564. The largest absolute Gasteiger partial charge is 0.383 e. The summed E-state index contributed by atoms with van der Waals surface area (Å²) in [5, 5.41) is 19.2. The first kappa shape index (κ1) is 18.5. The summed E-state index contributed by atoms with van der Waals surface area (Å²) in [6.07, 6.45) is 0. The van der Waals surface area contributed by atoms with Gasteiger partial charge in [-0.15, -0.1) is 10.2 Å². The Balaban J connectivity index is 1.84. The van der Waals surface area contributed by atoms with Crippen LogP contribution in [0.2, 0.25) is 5.02 Å². The first-order chi connectivity index (χ1) is 12.7. The second kappa shape index (κ2) is 8.86. The molecule has 26 heavy (non-hydrogen) atoms. The van der Waals surface area contributed by atoms with Gasteiger partial charge in [0.15, 0.2) is 11.0 Å². The topological polar surface area (TPSA) is 63.7 Å². The molecule has 0 amide bonds. The van der Waals surface area contributed by atoms with Crippen LogP contribution in [0.4, 0.5) is 0 Å². The SMILES string of the molecule is COCCn1c(SCc2cccc(C#N)c2)nnc1-c1ccc(Cl)cc1. The van der Waals surface area contributed by atoms with Crippen molar-refractivity contribution in [3.63, 3.8) is 0 Å². The summed E-state index contributed by atoms with van der Waals surface area (Å²) in [6.45, 7) is 1.22. The number of aromatic nitrogens is 3. The normalized spacial score (nSPS) is 10.7. The summed E-state index contributed by atoms with van der Waals surface area (Å²) >= 11 is 7.57. The van der Waals surface area contributed by atoms with E-state index in [0.29, 0.717) is 29.5 Å². The molecule has 0 N–H and O–H groups in total. The van der Waals surface area contributed by atoms with E-state index in [1.165, 1.54) is 0 Å². The molecular formula is C19H17ClN4OS. The van der Waals surface area contributed by atoms with Gasteiger partial charge in [0.05, 0.1) is 24.8 Å². The summed E-state index contributed by atoms with van der Waals surface area (Å²) in [6, 6.07) is 17.3. The zero-order valence-corrected chi connectivity index (χ0v) is 15.8. The molecule has 0 unspecified atom stereocenters. The second-order valence-corrected chi connectivity index (χ2v) is 6.94. The van der Waals surface area contributed by atoms with Crippen molar-refractivity contribution in [2.75, 3.05) is 13.7 Å². The van der Waals surface area contributed by atoms with E-state index in [1.54, 1.807) is 24.9 Å². The van der Waals surface area contributed by atoms with Crippen molar-refractivity contribution in [1.82, 2.24) is 14.8 Å². The third kappa shape index (κ3) is 4.44. The molecule has 3 rings (SSSR count). The lowest BCUT2D eigenvalue weighted by molar-refractivity contribution is 0.185. The Kier molecular flexibility index (Phi) is 6.29. The van der Waals surface area contributed by atoms with Crippen molar-refractivity contribution < 1.29 is 4.74 Å². The molecule has 0 aliphatic carbocycles. The van der Waals surface area contributed by atoms with E-state index in [2.05, 4.69) is 16.3 Å². The first-order valence-corrected chi connectivity index (χ1v) is 9.37. The molecule has 1 aromatic heterocycles. The van der Waals surface area contributed by atoms with Crippen molar-refractivity contribution in [2.24, 2.45) is 0 Å². The third-order valence-corrected chi connectivity index (χ3v) is 5.05. The molecule has 0 aliphatic rings. The summed E-state index contributed by atoms with van der Waals surface area (Å²) in [4.78, 5) is 0. The molecule has 0 aliphatic heterocycles. The number of hydrogen-bond donors (Lipinski definition) is 0. The number of rotatable bonds is 7. The van der Waals surface area contributed by atoms with Gasteiger partial charge >= 0.3 is 0 Å². The Labute approximate surface area is 161 Å². The van der Waals surface area contributed by atoms with Gasteiger partial charge in [0.25, 0.3) is 0 Å². The number of ether oxygens (including phenoxy) is 1. The zero-order valence-electron chi connectivity index (χ0n) is 14.2. The Hall–Kier alpha value is -2.33. The van der Waals surface area contributed by atoms with E-state index in [1.807, 2.05) is 47.0 Å². The maximum absolute atomic E-state index is 9.03. The van der Waals surface area contributed by atoms with Gasteiger partial charge in [-0.1, -0.05) is 35.5 Å². The van der Waals surface area contributed by atoms with Gasteiger partial charge in [0.2, 0.25) is 0 Å². The first-order valence-electron chi connectivity index (χ1n) is 8.01. The van der Waals surface area contributed by atoms with Crippen LogP contribution in [0.5, 0.6) is 0 Å². The molecular weight excluding hydrogens is 368 g/mol. The van der Waals surface area contributed by atoms with Crippen LogP contribution in [0, 0.1) is 11.3 Å². The predicted molar refractivity (Wildman–Crippen MR) is 103 cm³/mol. The van der Waals surface area contributed by atoms with Gasteiger partial charge in [0, 0.05) is 23.4 Å². The lowest BCUT2D eigenvalue weighted by Crippen LogP contribution is -2.07. The molecule has 0 saturated carbocycles. The molecule has 0 spiro atoms. The van der Waals surface area contributed by atoms with Crippen LogP contribution in [-0.2, 0) is 17.0 Å². The van der Waals surface area contributed by atoms with Gasteiger partial charge < -0.3 is 4.74 Å². The highest BCUT2D eigenvalue weighted by molar-refractivity contribution is 7.98. The number of benzene rings is 2. The molecule has 0 atom stereocenters. The molecule has 0 saturated heterocycles. The van der Waals surface area contributed by atoms with Crippen molar-refractivity contribution >= 4 is 23.4 Å². The molecule has 0 fully saturated rings. The lowest BCUT2D eigenvalue weighted by atomic mass is 10.2. The highest BCUT2D eigenvalue weighted by Gasteiger charge is 2.14. The number of halogens is 1. The summed E-state index contributed by atoms with van der Waals surface area (Å²) in [7, 11) is 1.67. The number of methoxy groups -OCH3 is 1. The molecule has 7 heteroatoms. The highest BCUT2D eigenvalue weighted by atomic mass is 35.5. The minimum absolute atomic E-state index is 0.566. The molecule has 1 heterocycles. The van der Waals surface area contributed by atoms with Gasteiger partial charge in [0.1, 0.15) is 0 Å². The van der Waals surface area contributed by atoms with Crippen LogP contribution >= 0.6 is 23.4 Å². The molecule has 2 aromatic carbocycles. The van der Waals surface area contributed by atoms with Crippen LogP contribution in [0.25, 0.3) is 11.4 Å². The predicted octanol–water partition coefficient (Wildman–Crippen LogP) is 4.41. The fourth-order valence-corrected chi connectivity index (χ4v) is 3.50. The standard InChI is InChI=1S/C19H17ClN4OS/c1-25-10-9-24-18(16-5-7-17(20)8-6-16)22-23-19(24)26-13-15-4-2-3-14(11-15)12-21/h2-8,11H,9-10,13H2,1H3. The van der Waals surface area contributed by atoms with Crippen molar-refractivity contribution in [2.45, 2.75) is 17.5 Å². The van der Waals surface area contributed by atoms with Crippen molar-refractivity contribution in [1.29, 1.82) is 5.26 Å². The van der Waals surface area contributed by atoms with Crippen molar-refractivity contribution in [3.8, 4) is 17.5 Å². The lowest BCUT2D eigenvalue weighted by Gasteiger charge is -2.10. The van der Waals surface area contributed by atoms with E-state index >= 15 is 0 Å². The van der Waals surface area contributed by atoms with E-state index in [0.717, 1.165) is 22.1 Å². The van der Waals surface area contributed by atoms with E-state index in [9.17, 15) is 0 Å². The summed E-state index contributed by atoms with van der Waals surface area (Å²) in [5.41, 5.74) is 2.69. The third-order valence-electron chi connectivity index (χ3n) is 3.76. The average Bonchev–Trinajstić information content (AvgIpc) is 3.08. The van der Waals surface area contributed by atoms with Gasteiger partial charge in [-0.2, -0.15) is 5.26 Å². The fraction of sp³-hybridized carbons (Fsp3) is 0.211. The molecule has 0 bridgehead atoms. The molecule has 3 aromatic rings. The van der Waals surface area contributed by atoms with E-state index < -0.39 is 0 Å². The monoisotopic (exact) mass is 384 g/mol. The van der Waals surface area contributed by atoms with Gasteiger partial charge in [-0.3, -0.25) is 4.57 Å². The maximum Gasteiger partial charge on any atom is 0.191 e.